The number of nitriles is 1. The van der Waals surface area contributed by atoms with E-state index in [1.54, 1.807) is 31.2 Å². The highest BCUT2D eigenvalue weighted by Crippen LogP contribution is 2.41. The number of carbonyl (C=O) groups is 1. The maximum Gasteiger partial charge on any atom is 0.389 e. The highest BCUT2D eigenvalue weighted by Gasteiger charge is 2.42. The molecule has 1 saturated heterocycles. The largest absolute Gasteiger partial charge is 0.389 e. The minimum atomic E-state index is -4.14. The molecule has 1 aliphatic carbocycles. The van der Waals surface area contributed by atoms with Crippen molar-refractivity contribution in [2.45, 2.75) is 63.8 Å². The van der Waals surface area contributed by atoms with E-state index in [9.17, 15) is 36.4 Å². The zero-order valence-corrected chi connectivity index (χ0v) is 33.4. The van der Waals surface area contributed by atoms with Gasteiger partial charge in [0.15, 0.2) is 0 Å². The number of carbonyl (C=O) groups excluding carboxylic acids is 1. The Morgan fingerprint density at radius 3 is 2.58 bits per heavy atom. The van der Waals surface area contributed by atoms with Crippen molar-refractivity contribution in [3.8, 4) is 29.0 Å². The molecule has 1 N–H and O–H groups in total. The van der Waals surface area contributed by atoms with Crippen molar-refractivity contribution in [1.82, 2.24) is 29.1 Å². The number of pyridine rings is 2. The summed E-state index contributed by atoms with van der Waals surface area (Å²) in [7, 11) is -1.96. The van der Waals surface area contributed by atoms with Crippen LogP contribution in [0.25, 0.3) is 32.2 Å². The summed E-state index contributed by atoms with van der Waals surface area (Å²) in [5.74, 6) is 5.83. The number of alkyl halides is 3. The maximum atomic E-state index is 14.1. The average molecular weight is 837 g/mol. The highest BCUT2D eigenvalue weighted by atomic mass is 35.5. The number of fused-ring (bicyclic) bond motifs is 2. The summed E-state index contributed by atoms with van der Waals surface area (Å²) >= 11 is 7.64. The Balaban J connectivity index is 1.13. The van der Waals surface area contributed by atoms with Gasteiger partial charge < -0.3 is 9.80 Å². The van der Waals surface area contributed by atoms with Crippen LogP contribution < -0.4 is 15.2 Å². The second-order valence-electron chi connectivity index (χ2n) is 14.4. The number of aryl methyl sites for hydroxylation is 1. The lowest BCUT2D eigenvalue weighted by Crippen LogP contribution is -2.52. The molecule has 1 aliphatic heterocycles. The van der Waals surface area contributed by atoms with Crippen LogP contribution >= 0.6 is 22.9 Å². The third-order valence-corrected chi connectivity index (χ3v) is 12.4. The van der Waals surface area contributed by atoms with Gasteiger partial charge in [0.1, 0.15) is 23.3 Å². The van der Waals surface area contributed by atoms with Crippen LogP contribution in [0.4, 0.5) is 19.0 Å². The Bertz CT molecular complexity index is 2690. The molecule has 0 unspecified atom stereocenters. The first-order valence-electron chi connectivity index (χ1n) is 18.0. The van der Waals surface area contributed by atoms with Crippen molar-refractivity contribution in [2.24, 2.45) is 5.92 Å². The molecular formula is C39H36ClF3N8O4S2. The smallest absolute Gasteiger partial charge is 0.355 e. The van der Waals surface area contributed by atoms with E-state index in [-0.39, 0.29) is 46.6 Å². The number of aromatic nitrogens is 4. The number of nitrogens with one attached hydrogen (secondary N) is 1. The van der Waals surface area contributed by atoms with Crippen molar-refractivity contribution in [1.29, 1.82) is 5.26 Å². The number of likely N-dealkylation sites (tertiary alicyclic amines) is 1. The van der Waals surface area contributed by atoms with Crippen LogP contribution in [0.15, 0.2) is 46.8 Å². The monoisotopic (exact) mass is 836 g/mol. The summed E-state index contributed by atoms with van der Waals surface area (Å²) in [6.07, 6.45) is 1.60. The molecule has 57 heavy (non-hydrogen) atoms. The standard InChI is InChI=1S/C39H36ClF3N8O4S2/c1-22-47-32-20-46-36(49(2)26-9-13-50(14-10-26)27-15-23(16-27)18-39(41,42)43)30(19-44)33(32)38(53)51(22)12-4-5-24-6-7-25(40)17-29(24)28-8-11-45-34-31(21-56-35(28)34)37(52)48-57(3,54)55/h6-8,11,17,20-21,23,26-27H,9-10,12-16,18H2,1-3H3,(H,48,52). The van der Waals surface area contributed by atoms with Crippen LogP contribution in [0.3, 0.4) is 0 Å². The summed E-state index contributed by atoms with van der Waals surface area (Å²) in [5, 5.41) is 12.5. The third kappa shape index (κ3) is 8.48. The molecule has 5 aromatic rings. The molecule has 18 heteroatoms. The first-order chi connectivity index (χ1) is 27.0. The number of thiophene rings is 1. The Labute approximate surface area is 335 Å². The van der Waals surface area contributed by atoms with Crippen molar-refractivity contribution in [2.75, 3.05) is 31.3 Å². The Morgan fingerprint density at radius 2 is 1.89 bits per heavy atom. The number of piperidine rings is 1. The van der Waals surface area contributed by atoms with Crippen molar-refractivity contribution < 1.29 is 26.4 Å². The van der Waals surface area contributed by atoms with E-state index in [0.29, 0.717) is 56.4 Å². The first-order valence-corrected chi connectivity index (χ1v) is 21.2. The molecule has 4 aromatic heterocycles. The zero-order valence-electron chi connectivity index (χ0n) is 31.0. The fraction of sp³-hybridized carbons (Fsp3) is 0.385. The molecule has 2 fully saturated rings. The number of anilines is 1. The van der Waals surface area contributed by atoms with Crippen LogP contribution in [-0.4, -0.2) is 83.4 Å². The molecule has 296 valence electrons. The van der Waals surface area contributed by atoms with E-state index in [4.69, 9.17) is 11.6 Å². The predicted molar refractivity (Wildman–Crippen MR) is 213 cm³/mol. The molecule has 1 saturated carbocycles. The predicted octanol–water partition coefficient (Wildman–Crippen LogP) is 6.27. The van der Waals surface area contributed by atoms with Gasteiger partial charge in [-0.3, -0.25) is 19.1 Å². The molecule has 1 amide bonds. The van der Waals surface area contributed by atoms with E-state index in [1.807, 2.05) is 16.7 Å². The average Bonchev–Trinajstić information content (AvgIpc) is 3.58. The second-order valence-corrected chi connectivity index (χ2v) is 17.5. The minimum absolute atomic E-state index is 0.0106. The summed E-state index contributed by atoms with van der Waals surface area (Å²) in [5.41, 5.74) is 2.23. The second kappa shape index (κ2) is 15.7. The lowest BCUT2D eigenvalue weighted by molar-refractivity contribution is -0.155. The Kier molecular flexibility index (Phi) is 11.1. The van der Waals surface area contributed by atoms with Gasteiger partial charge in [-0.15, -0.1) is 11.3 Å². The number of nitrogens with zero attached hydrogens (tertiary/aromatic N) is 7. The van der Waals surface area contributed by atoms with Gasteiger partial charge in [-0.25, -0.2) is 23.1 Å². The molecule has 12 nitrogen and oxygen atoms in total. The topological polar surface area (TPSA) is 154 Å². The van der Waals surface area contributed by atoms with E-state index in [2.05, 4.69) is 37.8 Å². The first kappa shape index (κ1) is 40.1. The van der Waals surface area contributed by atoms with Gasteiger partial charge in [0.2, 0.25) is 10.0 Å². The normalized spacial score (nSPS) is 17.8. The van der Waals surface area contributed by atoms with E-state index < -0.39 is 34.1 Å². The zero-order chi connectivity index (χ0) is 40.8. The lowest BCUT2D eigenvalue weighted by atomic mass is 9.76. The number of benzene rings is 1. The maximum absolute atomic E-state index is 14.1. The van der Waals surface area contributed by atoms with Crippen LogP contribution in [0.5, 0.6) is 0 Å². The molecule has 7 rings (SSSR count). The fourth-order valence-electron chi connectivity index (χ4n) is 7.76. The summed E-state index contributed by atoms with van der Waals surface area (Å²) < 4.78 is 65.8. The molecule has 0 atom stereocenters. The van der Waals surface area contributed by atoms with Gasteiger partial charge in [0.25, 0.3) is 11.5 Å². The van der Waals surface area contributed by atoms with Crippen LogP contribution in [0, 0.1) is 36.0 Å². The number of hydrogen-bond donors (Lipinski definition) is 1. The van der Waals surface area contributed by atoms with Gasteiger partial charge in [-0.1, -0.05) is 23.4 Å². The van der Waals surface area contributed by atoms with Gasteiger partial charge in [0.05, 0.1) is 45.7 Å². The van der Waals surface area contributed by atoms with Crippen molar-refractivity contribution in [3.63, 3.8) is 0 Å². The lowest BCUT2D eigenvalue weighted by Gasteiger charge is -2.47. The van der Waals surface area contributed by atoms with Gasteiger partial charge in [0, 0.05) is 71.9 Å². The molecule has 5 heterocycles. The van der Waals surface area contributed by atoms with E-state index in [0.717, 1.165) is 32.2 Å². The summed E-state index contributed by atoms with van der Waals surface area (Å²) in [6, 6.07) is 9.24. The number of halogens is 4. The highest BCUT2D eigenvalue weighted by molar-refractivity contribution is 7.89. The fourth-order valence-corrected chi connectivity index (χ4v) is 9.42. The summed E-state index contributed by atoms with van der Waals surface area (Å²) in [6.45, 7) is 3.06. The van der Waals surface area contributed by atoms with Crippen molar-refractivity contribution >= 4 is 65.8 Å². The van der Waals surface area contributed by atoms with Gasteiger partial charge in [-0.05, 0) is 62.8 Å². The van der Waals surface area contributed by atoms with Crippen LogP contribution in [0.2, 0.25) is 5.02 Å². The number of rotatable bonds is 8. The quantitative estimate of drug-likeness (QED) is 0.177. The number of sulfonamides is 1. The molecule has 0 spiro atoms. The summed E-state index contributed by atoms with van der Waals surface area (Å²) in [4.78, 5) is 44.5. The third-order valence-electron chi connectivity index (χ3n) is 10.6. The van der Waals surface area contributed by atoms with Gasteiger partial charge in [-0.2, -0.15) is 18.4 Å². The number of amides is 1. The molecule has 2 aliphatic rings. The molecule has 1 aromatic carbocycles. The molecule has 0 bridgehead atoms. The SMILES string of the molecule is Cc1nc2cnc(N(C)C3CCN(C4CC(CC(F)(F)F)C4)CC3)c(C#N)c2c(=O)n1CC#Cc1ccc(Cl)cc1-c1ccnc2c(C(=O)NS(C)(=O)=O)csc12. The number of hydrogen-bond acceptors (Lipinski definition) is 11. The van der Waals surface area contributed by atoms with Crippen LogP contribution in [0.1, 0.15) is 59.4 Å². The molecular weight excluding hydrogens is 801 g/mol. The van der Waals surface area contributed by atoms with E-state index in [1.165, 1.54) is 33.7 Å². The Hall–Kier alpha value is -5.07. The van der Waals surface area contributed by atoms with Crippen LogP contribution in [-0.2, 0) is 16.6 Å². The molecule has 0 radical (unpaired) electrons. The van der Waals surface area contributed by atoms with Crippen molar-refractivity contribution in [3.05, 3.63) is 79.9 Å². The van der Waals surface area contributed by atoms with E-state index >= 15 is 0 Å². The Morgan fingerprint density at radius 1 is 1.16 bits per heavy atom. The minimum Gasteiger partial charge on any atom is -0.355 e. The van der Waals surface area contributed by atoms with Gasteiger partial charge >= 0.3 is 6.18 Å².